The number of benzene rings is 1. The van der Waals surface area contributed by atoms with E-state index in [1.54, 1.807) is 20.2 Å². The summed E-state index contributed by atoms with van der Waals surface area (Å²) in [6.07, 6.45) is 1.66. The van der Waals surface area contributed by atoms with Crippen molar-refractivity contribution in [3.63, 3.8) is 0 Å². The maximum atomic E-state index is 13.5. The van der Waals surface area contributed by atoms with Crippen molar-refractivity contribution in [3.8, 4) is 0 Å². The Balaban J connectivity index is 2.18. The van der Waals surface area contributed by atoms with Gasteiger partial charge < -0.3 is 20.3 Å². The number of nitrogens with zero attached hydrogens (tertiary/aromatic N) is 2. The van der Waals surface area contributed by atoms with Gasteiger partial charge in [0.25, 0.3) is 0 Å². The van der Waals surface area contributed by atoms with E-state index in [9.17, 15) is 4.39 Å². The molecule has 1 aromatic carbocycles. The van der Waals surface area contributed by atoms with Crippen molar-refractivity contribution in [2.45, 2.75) is 12.8 Å². The Morgan fingerprint density at radius 3 is 2.65 bits per heavy atom. The van der Waals surface area contributed by atoms with Crippen molar-refractivity contribution in [1.29, 1.82) is 0 Å². The average Bonchev–Trinajstić information content (AvgIpc) is 2.55. The van der Waals surface area contributed by atoms with Crippen molar-refractivity contribution < 1.29 is 9.13 Å². The molecule has 0 unspecified atom stereocenters. The van der Waals surface area contributed by atoms with E-state index >= 15 is 0 Å². The van der Waals surface area contributed by atoms with E-state index < -0.39 is 0 Å². The Kier molecular flexibility index (Phi) is 9.99. The molecule has 0 radical (unpaired) electrons. The van der Waals surface area contributed by atoms with Crippen LogP contribution >= 0.6 is 0 Å². The number of guanidine groups is 1. The number of aliphatic imine (C=N–C) groups is 1. The van der Waals surface area contributed by atoms with Crippen molar-refractivity contribution in [2.75, 3.05) is 54.0 Å². The molecule has 1 aromatic rings. The first kappa shape index (κ1) is 19.4. The van der Waals surface area contributed by atoms with Gasteiger partial charge in [-0.3, -0.25) is 4.99 Å². The Bertz CT molecular complexity index is 468. The molecular weight excluding hydrogens is 295 g/mol. The Labute approximate surface area is 138 Å². The van der Waals surface area contributed by atoms with Crippen LogP contribution in [0.1, 0.15) is 12.0 Å². The smallest absolute Gasteiger partial charge is 0.191 e. The number of likely N-dealkylation sites (N-methyl/N-ethyl adjacent to an activating group) is 1. The lowest BCUT2D eigenvalue weighted by Gasteiger charge is -2.18. The van der Waals surface area contributed by atoms with Crippen LogP contribution in [0, 0.1) is 5.82 Å². The maximum Gasteiger partial charge on any atom is 0.191 e. The predicted octanol–water partition coefficient (Wildman–Crippen LogP) is 1.50. The lowest BCUT2D eigenvalue weighted by molar-refractivity contribution is 0.180. The van der Waals surface area contributed by atoms with Crippen LogP contribution in [-0.2, 0) is 11.2 Å². The van der Waals surface area contributed by atoms with Crippen molar-refractivity contribution in [3.05, 3.63) is 35.6 Å². The van der Waals surface area contributed by atoms with Gasteiger partial charge in [0.1, 0.15) is 5.82 Å². The Hall–Kier alpha value is -1.66. The molecule has 2 N–H and O–H groups in total. The van der Waals surface area contributed by atoms with Crippen LogP contribution in [0.25, 0.3) is 0 Å². The first-order chi connectivity index (χ1) is 11.2. The average molecular weight is 324 g/mol. The summed E-state index contributed by atoms with van der Waals surface area (Å²) < 4.78 is 18.6. The van der Waals surface area contributed by atoms with Gasteiger partial charge in [-0.15, -0.1) is 0 Å². The summed E-state index contributed by atoms with van der Waals surface area (Å²) in [5.74, 6) is 0.585. The summed E-state index contributed by atoms with van der Waals surface area (Å²) in [5.41, 5.74) is 0.716. The maximum absolute atomic E-state index is 13.5. The van der Waals surface area contributed by atoms with Crippen LogP contribution < -0.4 is 10.6 Å². The van der Waals surface area contributed by atoms with E-state index in [2.05, 4.69) is 27.6 Å². The summed E-state index contributed by atoms with van der Waals surface area (Å²) in [7, 11) is 5.55. The number of ether oxygens (including phenoxy) is 1. The zero-order valence-corrected chi connectivity index (χ0v) is 14.4. The molecule has 0 bridgehead atoms. The number of nitrogens with one attached hydrogen (secondary N) is 2. The van der Waals surface area contributed by atoms with E-state index in [4.69, 9.17) is 4.74 Å². The van der Waals surface area contributed by atoms with Gasteiger partial charge in [-0.1, -0.05) is 18.2 Å². The van der Waals surface area contributed by atoms with Gasteiger partial charge in [0.2, 0.25) is 0 Å². The largest absolute Gasteiger partial charge is 0.385 e. The fourth-order valence-corrected chi connectivity index (χ4v) is 2.19. The molecule has 0 saturated carbocycles. The molecule has 0 aromatic heterocycles. The first-order valence-corrected chi connectivity index (χ1v) is 8.02. The monoisotopic (exact) mass is 324 g/mol. The van der Waals surface area contributed by atoms with E-state index in [1.807, 2.05) is 12.1 Å². The van der Waals surface area contributed by atoms with Crippen LogP contribution in [0.2, 0.25) is 0 Å². The molecule has 0 spiro atoms. The molecule has 5 nitrogen and oxygen atoms in total. The number of rotatable bonds is 10. The molecule has 0 saturated heterocycles. The standard InChI is InChI=1S/C17H29FN4O/c1-19-17(21-11-13-22(2)12-6-14-23-3)20-10-9-15-7-4-5-8-16(15)18/h4-5,7-8H,6,9-14H2,1-3H3,(H2,19,20,21). The van der Waals surface area contributed by atoms with Gasteiger partial charge in [0.15, 0.2) is 5.96 Å². The molecule has 0 aliphatic heterocycles. The van der Waals surface area contributed by atoms with Gasteiger partial charge in [0, 0.05) is 46.9 Å². The zero-order valence-electron chi connectivity index (χ0n) is 14.4. The number of hydrogen-bond donors (Lipinski definition) is 2. The molecule has 0 heterocycles. The summed E-state index contributed by atoms with van der Waals surface area (Å²) in [5, 5.41) is 6.47. The van der Waals surface area contributed by atoms with E-state index in [0.29, 0.717) is 18.5 Å². The zero-order chi connectivity index (χ0) is 16.9. The van der Waals surface area contributed by atoms with Gasteiger partial charge in [-0.25, -0.2) is 4.39 Å². The molecule has 1 rings (SSSR count). The molecule has 23 heavy (non-hydrogen) atoms. The minimum Gasteiger partial charge on any atom is -0.385 e. The third-order valence-corrected chi connectivity index (χ3v) is 3.54. The number of halogens is 1. The fourth-order valence-electron chi connectivity index (χ4n) is 2.19. The second kappa shape index (κ2) is 11.8. The molecule has 0 aliphatic carbocycles. The van der Waals surface area contributed by atoms with Gasteiger partial charge in [-0.05, 0) is 31.5 Å². The van der Waals surface area contributed by atoms with E-state index in [1.165, 1.54) is 6.07 Å². The van der Waals surface area contributed by atoms with Crippen LogP contribution in [-0.4, -0.2) is 64.9 Å². The summed E-state index contributed by atoms with van der Waals surface area (Å²) in [6.45, 7) is 4.18. The highest BCUT2D eigenvalue weighted by molar-refractivity contribution is 5.79. The molecule has 0 atom stereocenters. The van der Waals surface area contributed by atoms with Gasteiger partial charge >= 0.3 is 0 Å². The van der Waals surface area contributed by atoms with Crippen LogP contribution in [0.5, 0.6) is 0 Å². The van der Waals surface area contributed by atoms with Crippen LogP contribution in [0.4, 0.5) is 4.39 Å². The lowest BCUT2D eigenvalue weighted by atomic mass is 10.1. The Morgan fingerprint density at radius 1 is 1.22 bits per heavy atom. The normalized spacial score (nSPS) is 11.8. The SMILES string of the molecule is CN=C(NCCc1ccccc1F)NCCN(C)CCCOC. The summed E-state index contributed by atoms with van der Waals surface area (Å²) in [6, 6.07) is 6.85. The van der Waals surface area contributed by atoms with Crippen molar-refractivity contribution >= 4 is 5.96 Å². The second-order valence-corrected chi connectivity index (χ2v) is 5.42. The summed E-state index contributed by atoms with van der Waals surface area (Å²) in [4.78, 5) is 6.42. The molecule has 130 valence electrons. The molecule has 6 heteroatoms. The molecule has 0 amide bonds. The quantitative estimate of drug-likeness (QED) is 0.389. The Morgan fingerprint density at radius 2 is 1.96 bits per heavy atom. The highest BCUT2D eigenvalue weighted by Gasteiger charge is 2.02. The molecular formula is C17H29FN4O. The lowest BCUT2D eigenvalue weighted by Crippen LogP contribution is -2.41. The van der Waals surface area contributed by atoms with E-state index in [-0.39, 0.29) is 5.82 Å². The van der Waals surface area contributed by atoms with Crippen molar-refractivity contribution in [2.24, 2.45) is 4.99 Å². The highest BCUT2D eigenvalue weighted by atomic mass is 19.1. The van der Waals surface area contributed by atoms with Gasteiger partial charge in [-0.2, -0.15) is 0 Å². The minimum atomic E-state index is -0.157. The van der Waals surface area contributed by atoms with E-state index in [0.717, 1.165) is 38.6 Å². The fraction of sp³-hybridized carbons (Fsp3) is 0.588. The second-order valence-electron chi connectivity index (χ2n) is 5.42. The number of hydrogen-bond acceptors (Lipinski definition) is 3. The van der Waals surface area contributed by atoms with Gasteiger partial charge in [0.05, 0.1) is 0 Å². The predicted molar refractivity (Wildman–Crippen MR) is 93.5 cm³/mol. The summed E-state index contributed by atoms with van der Waals surface area (Å²) >= 11 is 0. The number of methoxy groups -OCH3 is 1. The third-order valence-electron chi connectivity index (χ3n) is 3.54. The topological polar surface area (TPSA) is 48.9 Å². The highest BCUT2D eigenvalue weighted by Crippen LogP contribution is 2.05. The molecule has 0 aliphatic rings. The minimum absolute atomic E-state index is 0.157. The molecule has 0 fully saturated rings. The van der Waals surface area contributed by atoms with Crippen LogP contribution in [0.3, 0.4) is 0 Å². The third kappa shape index (κ3) is 8.52. The van der Waals surface area contributed by atoms with Crippen molar-refractivity contribution in [1.82, 2.24) is 15.5 Å². The first-order valence-electron chi connectivity index (χ1n) is 8.02. The van der Waals surface area contributed by atoms with Crippen LogP contribution in [0.15, 0.2) is 29.3 Å².